The smallest absolute Gasteiger partial charge is 0.317 e. The molecule has 1 heterocycles. The molecular formula is C17H25NO2. The SMILES string of the molecule is Cc1ccc(C2(C(=O)OC(C)(C)C)CCNCC2)cc1. The highest BCUT2D eigenvalue weighted by molar-refractivity contribution is 5.83. The van der Waals surface area contributed by atoms with Crippen LogP contribution < -0.4 is 5.32 Å². The molecule has 0 aromatic heterocycles. The van der Waals surface area contributed by atoms with Crippen LogP contribution in [0.25, 0.3) is 0 Å². The predicted molar refractivity (Wildman–Crippen MR) is 80.8 cm³/mol. The lowest BCUT2D eigenvalue weighted by atomic mass is 9.73. The minimum absolute atomic E-state index is 0.0876. The molecule has 0 radical (unpaired) electrons. The first kappa shape index (κ1) is 15.0. The van der Waals surface area contributed by atoms with Crippen molar-refractivity contribution < 1.29 is 9.53 Å². The van der Waals surface area contributed by atoms with Gasteiger partial charge < -0.3 is 10.1 Å². The molecule has 2 rings (SSSR count). The highest BCUT2D eigenvalue weighted by atomic mass is 16.6. The maximum Gasteiger partial charge on any atom is 0.317 e. The second kappa shape index (κ2) is 5.57. The van der Waals surface area contributed by atoms with Crippen LogP contribution >= 0.6 is 0 Å². The molecule has 0 aliphatic carbocycles. The Kier molecular flexibility index (Phi) is 4.19. The normalized spacial score (nSPS) is 18.6. The van der Waals surface area contributed by atoms with E-state index < -0.39 is 11.0 Å². The molecule has 1 saturated heterocycles. The fourth-order valence-corrected chi connectivity index (χ4v) is 2.71. The third kappa shape index (κ3) is 3.21. The van der Waals surface area contributed by atoms with Crippen molar-refractivity contribution in [2.45, 2.75) is 51.6 Å². The number of nitrogens with one attached hydrogen (secondary N) is 1. The van der Waals surface area contributed by atoms with Gasteiger partial charge in [-0.15, -0.1) is 0 Å². The summed E-state index contributed by atoms with van der Waals surface area (Å²) in [5.41, 5.74) is 1.35. The molecule has 1 N–H and O–H groups in total. The van der Waals surface area contributed by atoms with Gasteiger partial charge in [0.1, 0.15) is 5.60 Å². The molecule has 0 saturated carbocycles. The summed E-state index contributed by atoms with van der Waals surface area (Å²) in [6.07, 6.45) is 1.59. The van der Waals surface area contributed by atoms with E-state index in [-0.39, 0.29) is 5.97 Å². The van der Waals surface area contributed by atoms with E-state index in [1.165, 1.54) is 5.56 Å². The van der Waals surface area contributed by atoms with Crippen LogP contribution in [0.15, 0.2) is 24.3 Å². The number of hydrogen-bond donors (Lipinski definition) is 1. The molecule has 0 spiro atoms. The van der Waals surface area contributed by atoms with Gasteiger partial charge in [0.05, 0.1) is 5.41 Å². The molecule has 0 bridgehead atoms. The Morgan fingerprint density at radius 1 is 1.15 bits per heavy atom. The number of hydrogen-bond acceptors (Lipinski definition) is 3. The average Bonchev–Trinajstić information content (AvgIpc) is 2.38. The Morgan fingerprint density at radius 3 is 2.20 bits per heavy atom. The zero-order chi connectivity index (χ0) is 14.8. The second-order valence-corrected chi connectivity index (χ2v) is 6.70. The lowest BCUT2D eigenvalue weighted by molar-refractivity contribution is -0.163. The van der Waals surface area contributed by atoms with Crippen molar-refractivity contribution in [1.82, 2.24) is 5.32 Å². The Labute approximate surface area is 121 Å². The Balaban J connectivity index is 2.35. The summed E-state index contributed by atoms with van der Waals surface area (Å²) in [5, 5.41) is 3.33. The largest absolute Gasteiger partial charge is 0.459 e. The van der Waals surface area contributed by atoms with Gasteiger partial charge in [0.2, 0.25) is 0 Å². The maximum atomic E-state index is 12.8. The van der Waals surface area contributed by atoms with E-state index in [2.05, 4.69) is 36.5 Å². The molecule has 110 valence electrons. The zero-order valence-corrected chi connectivity index (χ0v) is 13.0. The molecule has 3 heteroatoms. The summed E-state index contributed by atoms with van der Waals surface area (Å²) in [6.45, 7) is 9.55. The van der Waals surface area contributed by atoms with Gasteiger partial charge in [-0.25, -0.2) is 0 Å². The van der Waals surface area contributed by atoms with Crippen LogP contribution in [0.4, 0.5) is 0 Å². The first-order chi connectivity index (χ1) is 9.33. The molecular weight excluding hydrogens is 250 g/mol. The number of benzene rings is 1. The van der Waals surface area contributed by atoms with Gasteiger partial charge in [-0.1, -0.05) is 29.8 Å². The van der Waals surface area contributed by atoms with Gasteiger partial charge in [0, 0.05) is 0 Å². The number of carbonyl (C=O) groups excluding carboxylic acids is 1. The average molecular weight is 275 g/mol. The summed E-state index contributed by atoms with van der Waals surface area (Å²) in [7, 11) is 0. The number of carbonyl (C=O) groups is 1. The summed E-state index contributed by atoms with van der Waals surface area (Å²) in [4.78, 5) is 12.8. The molecule has 1 aliphatic heterocycles. The van der Waals surface area contributed by atoms with Gasteiger partial charge in [0.25, 0.3) is 0 Å². The molecule has 20 heavy (non-hydrogen) atoms. The molecule has 0 unspecified atom stereocenters. The van der Waals surface area contributed by atoms with E-state index in [0.29, 0.717) is 0 Å². The van der Waals surface area contributed by atoms with Gasteiger partial charge in [-0.2, -0.15) is 0 Å². The van der Waals surface area contributed by atoms with E-state index in [1.807, 2.05) is 20.8 Å². The highest BCUT2D eigenvalue weighted by Gasteiger charge is 2.43. The standard InChI is InChI=1S/C17H25NO2/c1-13-5-7-14(8-6-13)17(9-11-18-12-10-17)15(19)20-16(2,3)4/h5-8,18H,9-12H2,1-4H3. The second-order valence-electron chi connectivity index (χ2n) is 6.70. The van der Waals surface area contributed by atoms with E-state index in [0.717, 1.165) is 31.5 Å². The predicted octanol–water partition coefficient (Wildman–Crippen LogP) is 2.96. The topological polar surface area (TPSA) is 38.3 Å². The molecule has 0 amide bonds. The number of esters is 1. The van der Waals surface area contributed by atoms with Crippen LogP contribution in [0.1, 0.15) is 44.7 Å². The Hall–Kier alpha value is -1.35. The fraction of sp³-hybridized carbons (Fsp3) is 0.588. The van der Waals surface area contributed by atoms with Crippen molar-refractivity contribution in [2.75, 3.05) is 13.1 Å². The molecule has 1 aromatic carbocycles. The van der Waals surface area contributed by atoms with E-state index in [1.54, 1.807) is 0 Å². The third-order valence-corrected chi connectivity index (χ3v) is 3.85. The minimum Gasteiger partial charge on any atom is -0.459 e. The molecule has 0 atom stereocenters. The number of piperidine rings is 1. The molecule has 1 fully saturated rings. The van der Waals surface area contributed by atoms with Crippen LogP contribution in [0.5, 0.6) is 0 Å². The van der Waals surface area contributed by atoms with Crippen LogP contribution in [-0.2, 0) is 14.9 Å². The zero-order valence-electron chi connectivity index (χ0n) is 13.0. The number of aryl methyl sites for hydroxylation is 1. The van der Waals surface area contributed by atoms with Crippen molar-refractivity contribution in [2.24, 2.45) is 0 Å². The van der Waals surface area contributed by atoms with Crippen LogP contribution in [-0.4, -0.2) is 24.7 Å². The first-order valence-corrected chi connectivity index (χ1v) is 7.35. The number of ether oxygens (including phenoxy) is 1. The lowest BCUT2D eigenvalue weighted by Crippen LogP contribution is -2.48. The summed E-state index contributed by atoms with van der Waals surface area (Å²) in [6, 6.07) is 8.29. The first-order valence-electron chi connectivity index (χ1n) is 7.35. The van der Waals surface area contributed by atoms with E-state index in [4.69, 9.17) is 4.74 Å². The molecule has 3 nitrogen and oxygen atoms in total. The maximum absolute atomic E-state index is 12.8. The van der Waals surface area contributed by atoms with Crippen LogP contribution in [0.2, 0.25) is 0 Å². The minimum atomic E-state index is -0.494. The van der Waals surface area contributed by atoms with E-state index in [9.17, 15) is 4.79 Å². The monoisotopic (exact) mass is 275 g/mol. The van der Waals surface area contributed by atoms with Gasteiger partial charge in [0.15, 0.2) is 0 Å². The third-order valence-electron chi connectivity index (χ3n) is 3.85. The van der Waals surface area contributed by atoms with Gasteiger partial charge in [-0.3, -0.25) is 4.79 Å². The summed E-state index contributed by atoms with van der Waals surface area (Å²) in [5.74, 6) is -0.0876. The van der Waals surface area contributed by atoms with E-state index >= 15 is 0 Å². The van der Waals surface area contributed by atoms with Crippen molar-refractivity contribution >= 4 is 5.97 Å². The Bertz CT molecular complexity index is 465. The lowest BCUT2D eigenvalue weighted by Gasteiger charge is -2.38. The summed E-state index contributed by atoms with van der Waals surface area (Å²) < 4.78 is 5.70. The molecule has 1 aromatic rings. The van der Waals surface area contributed by atoms with Crippen molar-refractivity contribution in [3.05, 3.63) is 35.4 Å². The van der Waals surface area contributed by atoms with Crippen molar-refractivity contribution in [1.29, 1.82) is 0 Å². The van der Waals surface area contributed by atoms with Crippen molar-refractivity contribution in [3.8, 4) is 0 Å². The summed E-state index contributed by atoms with van der Waals surface area (Å²) >= 11 is 0. The number of rotatable bonds is 2. The van der Waals surface area contributed by atoms with Crippen LogP contribution in [0, 0.1) is 6.92 Å². The van der Waals surface area contributed by atoms with Gasteiger partial charge >= 0.3 is 5.97 Å². The van der Waals surface area contributed by atoms with Crippen molar-refractivity contribution in [3.63, 3.8) is 0 Å². The van der Waals surface area contributed by atoms with Crippen LogP contribution in [0.3, 0.4) is 0 Å². The Morgan fingerprint density at radius 2 is 1.70 bits per heavy atom. The van der Waals surface area contributed by atoms with Gasteiger partial charge in [-0.05, 0) is 59.2 Å². The quantitative estimate of drug-likeness (QED) is 0.843. The highest BCUT2D eigenvalue weighted by Crippen LogP contribution is 2.36. The molecule has 1 aliphatic rings. The fourth-order valence-electron chi connectivity index (χ4n) is 2.71.